The van der Waals surface area contributed by atoms with Crippen molar-refractivity contribution < 1.29 is 22.7 Å². The molecular formula is C20H22F3N3O2. The van der Waals surface area contributed by atoms with Crippen LogP contribution in [0, 0.1) is 11.8 Å². The molecule has 150 valence electrons. The van der Waals surface area contributed by atoms with Crippen LogP contribution < -0.4 is 15.4 Å². The molecule has 1 heterocycles. The van der Waals surface area contributed by atoms with Gasteiger partial charge in [-0.05, 0) is 55.6 Å². The van der Waals surface area contributed by atoms with E-state index >= 15 is 0 Å². The summed E-state index contributed by atoms with van der Waals surface area (Å²) in [6, 6.07) is 8.83. The Balaban J connectivity index is 1.65. The minimum Gasteiger partial charge on any atom is -0.439 e. The highest BCUT2D eigenvalue weighted by Gasteiger charge is 2.34. The summed E-state index contributed by atoms with van der Waals surface area (Å²) in [6.45, 7) is 0.511. The van der Waals surface area contributed by atoms with Crippen LogP contribution in [0.1, 0.15) is 24.8 Å². The molecule has 1 amide bonds. The number of hydrogen-bond donors (Lipinski definition) is 1. The number of pyridine rings is 1. The van der Waals surface area contributed by atoms with Gasteiger partial charge in [-0.1, -0.05) is 6.42 Å². The van der Waals surface area contributed by atoms with Crippen molar-refractivity contribution in [1.82, 2.24) is 4.98 Å². The third kappa shape index (κ3) is 4.44. The number of halogens is 3. The lowest BCUT2D eigenvalue weighted by molar-refractivity contribution is -0.137. The molecule has 0 saturated heterocycles. The number of benzene rings is 1. The van der Waals surface area contributed by atoms with E-state index in [9.17, 15) is 18.0 Å². The highest BCUT2D eigenvalue weighted by molar-refractivity contribution is 5.94. The number of amides is 1. The standard InChI is InChI=1S/C20H22F3N3O2/c1-26(19(27)17-4-2-3-13(17)11-24)15-6-8-16(9-7-15)28-18-10-5-14(12-25-18)20(21,22)23/h5-10,12-13,17H,2-4,11,24H2,1H3/t13-,17-/m1/s1. The molecule has 1 aromatic carbocycles. The number of carbonyl (C=O) groups is 1. The second-order valence-corrected chi connectivity index (χ2v) is 6.91. The summed E-state index contributed by atoms with van der Waals surface area (Å²) in [6.07, 6.45) is -0.864. The highest BCUT2D eigenvalue weighted by atomic mass is 19.4. The first kappa shape index (κ1) is 20.1. The smallest absolute Gasteiger partial charge is 0.417 e. The molecule has 0 radical (unpaired) electrons. The topological polar surface area (TPSA) is 68.5 Å². The number of anilines is 1. The molecule has 2 atom stereocenters. The molecule has 2 aromatic rings. The van der Waals surface area contributed by atoms with Gasteiger partial charge in [0.15, 0.2) is 0 Å². The normalized spacial score (nSPS) is 19.5. The van der Waals surface area contributed by atoms with Crippen molar-refractivity contribution >= 4 is 11.6 Å². The molecule has 0 unspecified atom stereocenters. The minimum absolute atomic E-state index is 0.0472. The van der Waals surface area contributed by atoms with Gasteiger partial charge in [0.25, 0.3) is 0 Å². The number of hydrogen-bond acceptors (Lipinski definition) is 4. The summed E-state index contributed by atoms with van der Waals surface area (Å²) < 4.78 is 43.2. The molecule has 1 saturated carbocycles. The summed E-state index contributed by atoms with van der Waals surface area (Å²) in [5.74, 6) is 0.691. The van der Waals surface area contributed by atoms with Crippen LogP contribution in [0.5, 0.6) is 11.6 Å². The molecule has 8 heteroatoms. The zero-order valence-electron chi connectivity index (χ0n) is 15.4. The monoisotopic (exact) mass is 393 g/mol. The van der Waals surface area contributed by atoms with Gasteiger partial charge in [0, 0.05) is 30.9 Å². The van der Waals surface area contributed by atoms with Gasteiger partial charge in [-0.15, -0.1) is 0 Å². The molecule has 0 bridgehead atoms. The fourth-order valence-corrected chi connectivity index (χ4v) is 3.49. The minimum atomic E-state index is -4.44. The van der Waals surface area contributed by atoms with Crippen LogP contribution in [0.3, 0.4) is 0 Å². The van der Waals surface area contributed by atoms with Crippen molar-refractivity contribution in [3.63, 3.8) is 0 Å². The number of aromatic nitrogens is 1. The van der Waals surface area contributed by atoms with Crippen LogP contribution in [-0.4, -0.2) is 24.5 Å². The summed E-state index contributed by atoms with van der Waals surface area (Å²) in [4.78, 5) is 18.0. The fraction of sp³-hybridized carbons (Fsp3) is 0.400. The maximum absolute atomic E-state index is 12.7. The third-order valence-corrected chi connectivity index (χ3v) is 5.12. The molecule has 5 nitrogen and oxygen atoms in total. The Labute approximate surface area is 161 Å². The molecule has 2 N–H and O–H groups in total. The van der Waals surface area contributed by atoms with Crippen molar-refractivity contribution in [3.05, 3.63) is 48.2 Å². The van der Waals surface area contributed by atoms with Gasteiger partial charge in [0.05, 0.1) is 5.56 Å². The van der Waals surface area contributed by atoms with E-state index in [2.05, 4.69) is 4.98 Å². The van der Waals surface area contributed by atoms with E-state index in [0.29, 0.717) is 18.0 Å². The summed E-state index contributed by atoms with van der Waals surface area (Å²) in [5.41, 5.74) is 5.65. The molecule has 1 aromatic heterocycles. The molecule has 1 aliphatic carbocycles. The Kier molecular flexibility index (Phi) is 5.88. The van der Waals surface area contributed by atoms with E-state index in [4.69, 9.17) is 10.5 Å². The average molecular weight is 393 g/mol. The van der Waals surface area contributed by atoms with Crippen LogP contribution in [-0.2, 0) is 11.0 Å². The summed E-state index contributed by atoms with van der Waals surface area (Å²) in [7, 11) is 1.72. The lowest BCUT2D eigenvalue weighted by atomic mass is 9.94. The van der Waals surface area contributed by atoms with Crippen LogP contribution in [0.4, 0.5) is 18.9 Å². The number of carbonyl (C=O) groups excluding carboxylic acids is 1. The molecule has 0 aliphatic heterocycles. The van der Waals surface area contributed by atoms with E-state index in [-0.39, 0.29) is 23.6 Å². The second-order valence-electron chi connectivity index (χ2n) is 6.91. The first-order valence-corrected chi connectivity index (χ1v) is 9.08. The van der Waals surface area contributed by atoms with E-state index in [1.807, 2.05) is 0 Å². The predicted molar refractivity (Wildman–Crippen MR) is 99.1 cm³/mol. The first-order valence-electron chi connectivity index (χ1n) is 9.08. The van der Waals surface area contributed by atoms with Crippen molar-refractivity contribution in [3.8, 4) is 11.6 Å². The van der Waals surface area contributed by atoms with E-state index < -0.39 is 11.7 Å². The summed E-state index contributed by atoms with van der Waals surface area (Å²) in [5, 5.41) is 0. The zero-order chi connectivity index (χ0) is 20.3. The van der Waals surface area contributed by atoms with E-state index in [1.54, 1.807) is 36.2 Å². The Morgan fingerprint density at radius 3 is 2.50 bits per heavy atom. The van der Waals surface area contributed by atoms with Gasteiger partial charge in [-0.3, -0.25) is 4.79 Å². The van der Waals surface area contributed by atoms with Crippen molar-refractivity contribution in [2.45, 2.75) is 25.4 Å². The SMILES string of the molecule is CN(C(=O)[C@@H]1CCC[C@@H]1CN)c1ccc(Oc2ccc(C(F)(F)F)cn2)cc1. The molecular weight excluding hydrogens is 371 g/mol. The summed E-state index contributed by atoms with van der Waals surface area (Å²) >= 11 is 0. The molecule has 0 spiro atoms. The van der Waals surface area contributed by atoms with Crippen LogP contribution in [0.15, 0.2) is 42.6 Å². The number of rotatable bonds is 5. The van der Waals surface area contributed by atoms with Gasteiger partial charge < -0.3 is 15.4 Å². The number of nitrogens with two attached hydrogens (primary N) is 1. The predicted octanol–water partition coefficient (Wildman–Crippen LogP) is 4.23. The zero-order valence-corrected chi connectivity index (χ0v) is 15.4. The molecule has 1 aliphatic rings. The van der Waals surface area contributed by atoms with Crippen LogP contribution >= 0.6 is 0 Å². The average Bonchev–Trinajstić information content (AvgIpc) is 3.16. The van der Waals surface area contributed by atoms with Gasteiger partial charge in [0.2, 0.25) is 11.8 Å². The largest absolute Gasteiger partial charge is 0.439 e. The molecule has 1 fully saturated rings. The second kappa shape index (κ2) is 8.18. The van der Waals surface area contributed by atoms with E-state index in [1.165, 1.54) is 6.07 Å². The Morgan fingerprint density at radius 1 is 1.21 bits per heavy atom. The van der Waals surface area contributed by atoms with Crippen molar-refractivity contribution in [1.29, 1.82) is 0 Å². The lowest BCUT2D eigenvalue weighted by Crippen LogP contribution is -2.36. The number of ether oxygens (including phenoxy) is 1. The van der Waals surface area contributed by atoms with E-state index in [0.717, 1.165) is 31.5 Å². The van der Waals surface area contributed by atoms with Crippen LogP contribution in [0.25, 0.3) is 0 Å². The van der Waals surface area contributed by atoms with Crippen molar-refractivity contribution in [2.24, 2.45) is 17.6 Å². The van der Waals surface area contributed by atoms with Gasteiger partial charge in [-0.2, -0.15) is 13.2 Å². The third-order valence-electron chi connectivity index (χ3n) is 5.12. The van der Waals surface area contributed by atoms with Gasteiger partial charge >= 0.3 is 6.18 Å². The fourth-order valence-electron chi connectivity index (χ4n) is 3.49. The van der Waals surface area contributed by atoms with Crippen LogP contribution in [0.2, 0.25) is 0 Å². The maximum atomic E-state index is 12.7. The van der Waals surface area contributed by atoms with Crippen molar-refractivity contribution in [2.75, 3.05) is 18.5 Å². The highest BCUT2D eigenvalue weighted by Crippen LogP contribution is 2.34. The van der Waals surface area contributed by atoms with Gasteiger partial charge in [0.1, 0.15) is 5.75 Å². The first-order chi connectivity index (χ1) is 13.3. The Bertz CT molecular complexity index is 807. The lowest BCUT2D eigenvalue weighted by Gasteiger charge is -2.24. The number of nitrogens with zero attached hydrogens (tertiary/aromatic N) is 2. The number of alkyl halides is 3. The quantitative estimate of drug-likeness (QED) is 0.825. The Morgan fingerprint density at radius 2 is 1.93 bits per heavy atom. The maximum Gasteiger partial charge on any atom is 0.417 e. The molecule has 28 heavy (non-hydrogen) atoms. The molecule has 3 rings (SSSR count). The Hall–Kier alpha value is -2.61. The van der Waals surface area contributed by atoms with Gasteiger partial charge in [-0.25, -0.2) is 4.98 Å².